The number of fused-ring (bicyclic) bond motifs is 5. The van der Waals surface area contributed by atoms with Gasteiger partial charge in [-0.3, -0.25) is 9.69 Å². The third-order valence-corrected chi connectivity index (χ3v) is 7.13. The Morgan fingerprint density at radius 1 is 1.27 bits per heavy atom. The second-order valence-electron chi connectivity index (χ2n) is 9.69. The number of aromatic nitrogens is 2. The van der Waals surface area contributed by atoms with E-state index in [2.05, 4.69) is 0 Å². The normalized spacial score (nSPS) is 17.9. The predicted octanol–water partition coefficient (Wildman–Crippen LogP) is 1.58. The van der Waals surface area contributed by atoms with E-state index in [-0.39, 0.29) is 49.3 Å². The first-order chi connectivity index (χ1) is 17.6. The van der Waals surface area contributed by atoms with Crippen molar-refractivity contribution in [2.75, 3.05) is 32.1 Å². The van der Waals surface area contributed by atoms with Crippen LogP contribution < -0.4 is 16.2 Å². The highest BCUT2D eigenvalue weighted by Crippen LogP contribution is 2.40. The molecule has 0 radical (unpaired) electrons. The fraction of sp³-hybridized carbons (Fsp3) is 0.385. The number of ether oxygens (including phenoxy) is 1. The highest BCUT2D eigenvalue weighted by molar-refractivity contribution is 5.96. The number of hydrogen-bond acceptors (Lipinski definition) is 8. The lowest BCUT2D eigenvalue weighted by molar-refractivity contribution is -0.172. The van der Waals surface area contributed by atoms with Gasteiger partial charge in [-0.15, -0.1) is 0 Å². The first-order valence-electron chi connectivity index (χ1n) is 12.1. The second kappa shape index (κ2) is 8.94. The minimum Gasteiger partial charge on any atom is -0.465 e. The van der Waals surface area contributed by atoms with Gasteiger partial charge in [0, 0.05) is 36.1 Å². The molecule has 3 aromatic rings. The van der Waals surface area contributed by atoms with Crippen LogP contribution in [-0.2, 0) is 34.8 Å². The van der Waals surface area contributed by atoms with E-state index in [1.165, 1.54) is 4.90 Å². The van der Waals surface area contributed by atoms with Crippen LogP contribution in [0.25, 0.3) is 22.3 Å². The summed E-state index contributed by atoms with van der Waals surface area (Å²) >= 11 is 0. The summed E-state index contributed by atoms with van der Waals surface area (Å²) in [6.45, 7) is 2.52. The Bertz CT molecular complexity index is 1510. The third-order valence-electron chi connectivity index (χ3n) is 7.13. The Hall–Kier alpha value is -3.80. The molecule has 1 aromatic carbocycles. The molecule has 0 unspecified atom stereocenters. The van der Waals surface area contributed by atoms with E-state index in [9.17, 15) is 24.6 Å². The van der Waals surface area contributed by atoms with Crippen LogP contribution >= 0.6 is 0 Å². The molecule has 0 saturated heterocycles. The van der Waals surface area contributed by atoms with Gasteiger partial charge in [0.1, 0.15) is 6.61 Å². The monoisotopic (exact) mass is 507 g/mol. The summed E-state index contributed by atoms with van der Waals surface area (Å²) in [6.07, 6.45) is -1.03. The van der Waals surface area contributed by atoms with Crippen molar-refractivity contribution in [2.45, 2.75) is 38.6 Å². The molecule has 194 valence electrons. The van der Waals surface area contributed by atoms with Crippen LogP contribution in [0.1, 0.15) is 35.6 Å². The molecule has 2 aliphatic rings. The van der Waals surface area contributed by atoms with E-state index in [0.29, 0.717) is 29.1 Å². The molecule has 4 heterocycles. The van der Waals surface area contributed by atoms with Crippen molar-refractivity contribution in [2.24, 2.45) is 5.73 Å². The van der Waals surface area contributed by atoms with Gasteiger partial charge < -0.3 is 30.2 Å². The van der Waals surface area contributed by atoms with Crippen molar-refractivity contribution in [1.29, 1.82) is 0 Å². The molecule has 1 atom stereocenters. The van der Waals surface area contributed by atoms with Gasteiger partial charge in [0.05, 0.1) is 34.7 Å². The summed E-state index contributed by atoms with van der Waals surface area (Å²) < 4.78 is 6.71. The Balaban J connectivity index is 1.73. The van der Waals surface area contributed by atoms with Crippen LogP contribution in [0.5, 0.6) is 0 Å². The number of benzene rings is 1. The number of pyridine rings is 2. The maximum absolute atomic E-state index is 13.4. The van der Waals surface area contributed by atoms with E-state index in [0.717, 1.165) is 16.5 Å². The molecule has 0 bridgehead atoms. The molecule has 1 amide bonds. The number of anilines is 1. The molecule has 0 aliphatic carbocycles. The second-order valence-corrected chi connectivity index (χ2v) is 9.69. The number of cyclic esters (lactones) is 1. The van der Waals surface area contributed by atoms with Gasteiger partial charge in [-0.25, -0.2) is 14.6 Å². The molecule has 0 fully saturated rings. The maximum atomic E-state index is 13.4. The quantitative estimate of drug-likeness (QED) is 0.330. The molecule has 2 aliphatic heterocycles. The van der Waals surface area contributed by atoms with E-state index in [4.69, 9.17) is 15.5 Å². The topological polar surface area (TPSA) is 151 Å². The Kier molecular flexibility index (Phi) is 6.01. The Morgan fingerprint density at radius 3 is 2.68 bits per heavy atom. The molecule has 4 N–H and O–H groups in total. The number of amides is 1. The lowest BCUT2D eigenvalue weighted by Crippen LogP contribution is -2.44. The van der Waals surface area contributed by atoms with Gasteiger partial charge in [-0.05, 0) is 50.3 Å². The van der Waals surface area contributed by atoms with Crippen molar-refractivity contribution in [3.8, 4) is 11.4 Å². The zero-order valence-corrected chi connectivity index (χ0v) is 20.9. The van der Waals surface area contributed by atoms with Crippen molar-refractivity contribution >= 4 is 28.7 Å². The molecule has 0 spiro atoms. The van der Waals surface area contributed by atoms with Gasteiger partial charge in [0.15, 0.2) is 5.60 Å². The number of rotatable bonds is 6. The number of aliphatic hydroxyl groups is 1. The lowest BCUT2D eigenvalue weighted by atomic mass is 9.86. The number of carbonyl (C=O) groups excluding carboxylic acids is 1. The molecule has 2 aromatic heterocycles. The first-order valence-corrected chi connectivity index (χ1v) is 12.1. The van der Waals surface area contributed by atoms with Crippen LogP contribution in [0.3, 0.4) is 0 Å². The number of esters is 1. The number of hydrogen-bond donors (Lipinski definition) is 3. The van der Waals surface area contributed by atoms with Gasteiger partial charge in [-0.2, -0.15) is 0 Å². The fourth-order valence-corrected chi connectivity index (χ4v) is 5.28. The fourth-order valence-electron chi connectivity index (χ4n) is 5.28. The van der Waals surface area contributed by atoms with Crippen molar-refractivity contribution in [1.82, 2.24) is 14.5 Å². The van der Waals surface area contributed by atoms with E-state index in [1.54, 1.807) is 29.7 Å². The van der Waals surface area contributed by atoms with E-state index in [1.807, 2.05) is 25.1 Å². The summed E-state index contributed by atoms with van der Waals surface area (Å²) in [5, 5.41) is 21.7. The van der Waals surface area contributed by atoms with Crippen molar-refractivity contribution in [3.05, 3.63) is 56.9 Å². The average molecular weight is 508 g/mol. The smallest absolute Gasteiger partial charge is 0.411 e. The summed E-state index contributed by atoms with van der Waals surface area (Å²) in [5.41, 5.74) is 7.86. The minimum atomic E-state index is -1.89. The SMILES string of the molecule is CC[C@@]1(O)C(=O)OCc2c1cc1n(c2=O)Cc2cc3c(CN(C)C)c(N(CCN)C(=O)O)ccc3nc2-1. The minimum absolute atomic E-state index is 0.0687. The van der Waals surface area contributed by atoms with Gasteiger partial charge in [-0.1, -0.05) is 6.92 Å². The van der Waals surface area contributed by atoms with Crippen LogP contribution in [-0.4, -0.2) is 63.9 Å². The largest absolute Gasteiger partial charge is 0.465 e. The molecule has 5 rings (SSSR count). The highest BCUT2D eigenvalue weighted by Gasteiger charge is 2.45. The number of carboxylic acid groups (broad SMARTS) is 1. The average Bonchev–Trinajstić information content (AvgIpc) is 3.22. The maximum Gasteiger partial charge on any atom is 0.411 e. The number of nitrogens with zero attached hydrogens (tertiary/aromatic N) is 4. The first kappa shape index (κ1) is 24.9. The standard InChI is InChI=1S/C26H29N5O6/c1-4-26(36)18-10-21-22-14(11-31(21)23(32)17(18)13-37-24(26)33)9-15-16(12-29(2)3)20(6-5-19(15)28-22)30(8-7-27)25(34)35/h5-6,9-10,36H,4,7-8,11-13,27H2,1-3H3,(H,34,35)/t26-/m0/s1. The van der Waals surface area contributed by atoms with Crippen molar-refractivity contribution < 1.29 is 24.5 Å². The summed E-state index contributed by atoms with van der Waals surface area (Å²) in [4.78, 5) is 45.9. The Labute approximate surface area is 212 Å². The Morgan fingerprint density at radius 2 is 2.03 bits per heavy atom. The zero-order chi connectivity index (χ0) is 26.6. The van der Waals surface area contributed by atoms with Crippen LogP contribution in [0.2, 0.25) is 0 Å². The number of nitrogens with two attached hydrogens (primary N) is 1. The molecular formula is C26H29N5O6. The van der Waals surface area contributed by atoms with Crippen LogP contribution in [0, 0.1) is 0 Å². The van der Waals surface area contributed by atoms with E-state index < -0.39 is 17.7 Å². The van der Waals surface area contributed by atoms with E-state index >= 15 is 0 Å². The number of carbonyl (C=O) groups is 2. The van der Waals surface area contributed by atoms with Gasteiger partial charge >= 0.3 is 12.1 Å². The highest BCUT2D eigenvalue weighted by atomic mass is 16.6. The molecule has 11 nitrogen and oxygen atoms in total. The van der Waals surface area contributed by atoms with Crippen LogP contribution in [0.4, 0.5) is 10.5 Å². The molecular weight excluding hydrogens is 478 g/mol. The van der Waals surface area contributed by atoms with Gasteiger partial charge in [0.2, 0.25) is 0 Å². The predicted molar refractivity (Wildman–Crippen MR) is 136 cm³/mol. The third kappa shape index (κ3) is 3.78. The molecule has 11 heteroatoms. The molecule has 0 saturated carbocycles. The lowest BCUT2D eigenvalue weighted by Gasteiger charge is -2.31. The summed E-state index contributed by atoms with van der Waals surface area (Å²) in [7, 11) is 3.80. The van der Waals surface area contributed by atoms with Crippen molar-refractivity contribution in [3.63, 3.8) is 0 Å². The van der Waals surface area contributed by atoms with Gasteiger partial charge in [0.25, 0.3) is 5.56 Å². The summed E-state index contributed by atoms with van der Waals surface area (Å²) in [5.74, 6) is -0.766. The summed E-state index contributed by atoms with van der Waals surface area (Å²) in [6, 6.07) is 7.11. The molecule has 37 heavy (non-hydrogen) atoms. The van der Waals surface area contributed by atoms with Crippen LogP contribution in [0.15, 0.2) is 29.1 Å². The zero-order valence-electron chi connectivity index (χ0n) is 20.9.